The lowest BCUT2D eigenvalue weighted by Crippen LogP contribution is -2.49. The SMILES string of the molecule is O=C(c1cccc(Cl)c1)N1CCN(CCc2nnc(-c3ccccc3)o2)CC1. The third-order valence-corrected chi connectivity index (χ3v) is 5.10. The van der Waals surface area contributed by atoms with E-state index in [0.29, 0.717) is 41.9 Å². The molecule has 7 heteroatoms. The van der Waals surface area contributed by atoms with Crippen LogP contribution in [0.3, 0.4) is 0 Å². The van der Waals surface area contributed by atoms with Crippen LogP contribution in [0.15, 0.2) is 59.0 Å². The van der Waals surface area contributed by atoms with E-state index >= 15 is 0 Å². The normalized spacial score (nSPS) is 15.0. The van der Waals surface area contributed by atoms with Crippen molar-refractivity contribution in [3.63, 3.8) is 0 Å². The maximum absolute atomic E-state index is 12.6. The van der Waals surface area contributed by atoms with E-state index in [0.717, 1.165) is 25.2 Å². The number of carbonyl (C=O) groups is 1. The number of benzene rings is 2. The number of aromatic nitrogens is 2. The zero-order chi connectivity index (χ0) is 19.3. The van der Waals surface area contributed by atoms with Crippen molar-refractivity contribution in [1.29, 1.82) is 0 Å². The van der Waals surface area contributed by atoms with Crippen LogP contribution in [-0.2, 0) is 6.42 Å². The fraction of sp³-hybridized carbons (Fsp3) is 0.286. The summed E-state index contributed by atoms with van der Waals surface area (Å²) in [5.74, 6) is 1.22. The highest BCUT2D eigenvalue weighted by Gasteiger charge is 2.22. The van der Waals surface area contributed by atoms with Gasteiger partial charge in [-0.15, -0.1) is 10.2 Å². The molecular formula is C21H21ClN4O2. The number of amides is 1. The van der Waals surface area contributed by atoms with Crippen molar-refractivity contribution in [2.45, 2.75) is 6.42 Å². The highest BCUT2D eigenvalue weighted by molar-refractivity contribution is 6.30. The van der Waals surface area contributed by atoms with Crippen LogP contribution in [-0.4, -0.2) is 58.6 Å². The topological polar surface area (TPSA) is 62.5 Å². The van der Waals surface area contributed by atoms with Gasteiger partial charge in [0.25, 0.3) is 5.91 Å². The smallest absolute Gasteiger partial charge is 0.253 e. The van der Waals surface area contributed by atoms with Gasteiger partial charge in [-0.25, -0.2) is 0 Å². The van der Waals surface area contributed by atoms with Gasteiger partial charge in [-0.1, -0.05) is 35.9 Å². The van der Waals surface area contributed by atoms with E-state index in [2.05, 4.69) is 15.1 Å². The predicted molar refractivity (Wildman–Crippen MR) is 107 cm³/mol. The second-order valence-electron chi connectivity index (χ2n) is 6.76. The molecule has 1 fully saturated rings. The fourth-order valence-corrected chi connectivity index (χ4v) is 3.47. The number of carbonyl (C=O) groups excluding carboxylic acids is 1. The molecule has 0 spiro atoms. The molecule has 4 rings (SSSR count). The molecule has 1 saturated heterocycles. The van der Waals surface area contributed by atoms with Crippen LogP contribution >= 0.6 is 11.6 Å². The Hall–Kier alpha value is -2.70. The maximum Gasteiger partial charge on any atom is 0.253 e. The first-order valence-electron chi connectivity index (χ1n) is 9.34. The van der Waals surface area contributed by atoms with E-state index in [1.54, 1.807) is 24.3 Å². The van der Waals surface area contributed by atoms with Crippen molar-refractivity contribution in [3.05, 3.63) is 71.1 Å². The number of hydrogen-bond acceptors (Lipinski definition) is 5. The van der Waals surface area contributed by atoms with E-state index in [1.165, 1.54) is 0 Å². The standard InChI is InChI=1S/C21H21ClN4O2/c22-18-8-4-7-17(15-18)21(27)26-13-11-25(12-14-26)10-9-19-23-24-20(28-19)16-5-2-1-3-6-16/h1-8,15H,9-14H2. The second-order valence-corrected chi connectivity index (χ2v) is 7.20. The quantitative estimate of drug-likeness (QED) is 0.661. The molecule has 2 heterocycles. The third kappa shape index (κ3) is 4.40. The zero-order valence-electron chi connectivity index (χ0n) is 15.4. The molecule has 0 bridgehead atoms. The molecular weight excluding hydrogens is 376 g/mol. The molecule has 1 amide bonds. The first-order valence-corrected chi connectivity index (χ1v) is 9.72. The first kappa shape index (κ1) is 18.7. The van der Waals surface area contributed by atoms with Crippen LogP contribution in [0.5, 0.6) is 0 Å². The Morgan fingerprint density at radius 2 is 1.79 bits per heavy atom. The van der Waals surface area contributed by atoms with Gasteiger partial charge in [0, 0.05) is 55.3 Å². The van der Waals surface area contributed by atoms with Crippen LogP contribution in [0.1, 0.15) is 16.2 Å². The van der Waals surface area contributed by atoms with E-state index in [4.69, 9.17) is 16.0 Å². The van der Waals surface area contributed by atoms with Crippen LogP contribution < -0.4 is 0 Å². The molecule has 1 aliphatic rings. The summed E-state index contributed by atoms with van der Waals surface area (Å²) in [4.78, 5) is 16.8. The Balaban J connectivity index is 1.27. The first-order chi connectivity index (χ1) is 13.7. The second kappa shape index (κ2) is 8.54. The number of hydrogen-bond donors (Lipinski definition) is 0. The summed E-state index contributed by atoms with van der Waals surface area (Å²) in [6.45, 7) is 3.88. The molecule has 144 valence electrons. The van der Waals surface area contributed by atoms with Gasteiger partial charge >= 0.3 is 0 Å². The van der Waals surface area contributed by atoms with Gasteiger partial charge in [0.05, 0.1) is 0 Å². The number of rotatable bonds is 5. The minimum absolute atomic E-state index is 0.0338. The van der Waals surface area contributed by atoms with Crippen LogP contribution in [0.2, 0.25) is 5.02 Å². The van der Waals surface area contributed by atoms with Gasteiger partial charge in [0.1, 0.15) is 0 Å². The van der Waals surface area contributed by atoms with Gasteiger partial charge in [0.15, 0.2) is 0 Å². The van der Waals surface area contributed by atoms with Crippen molar-refractivity contribution in [1.82, 2.24) is 20.0 Å². The van der Waals surface area contributed by atoms with E-state index < -0.39 is 0 Å². The van der Waals surface area contributed by atoms with E-state index in [9.17, 15) is 4.79 Å². The highest BCUT2D eigenvalue weighted by Crippen LogP contribution is 2.18. The van der Waals surface area contributed by atoms with Crippen LogP contribution in [0, 0.1) is 0 Å². The summed E-state index contributed by atoms with van der Waals surface area (Å²) in [5, 5.41) is 8.86. The summed E-state index contributed by atoms with van der Waals surface area (Å²) in [6.07, 6.45) is 0.697. The summed E-state index contributed by atoms with van der Waals surface area (Å²) in [5.41, 5.74) is 1.56. The molecule has 28 heavy (non-hydrogen) atoms. The molecule has 2 aromatic carbocycles. The van der Waals surface area contributed by atoms with Crippen molar-refractivity contribution in [2.24, 2.45) is 0 Å². The van der Waals surface area contributed by atoms with Crippen molar-refractivity contribution < 1.29 is 9.21 Å². The fourth-order valence-electron chi connectivity index (χ4n) is 3.28. The summed E-state index contributed by atoms with van der Waals surface area (Å²) in [6, 6.07) is 16.9. The van der Waals surface area contributed by atoms with Crippen LogP contribution in [0.25, 0.3) is 11.5 Å². The van der Waals surface area contributed by atoms with E-state index in [-0.39, 0.29) is 5.91 Å². The number of piperazine rings is 1. The summed E-state index contributed by atoms with van der Waals surface area (Å²) < 4.78 is 5.76. The van der Waals surface area contributed by atoms with Crippen molar-refractivity contribution >= 4 is 17.5 Å². The molecule has 0 aliphatic carbocycles. The molecule has 0 saturated carbocycles. The van der Waals surface area contributed by atoms with Crippen molar-refractivity contribution in [2.75, 3.05) is 32.7 Å². The average Bonchev–Trinajstić information content (AvgIpc) is 3.22. The Morgan fingerprint density at radius 3 is 2.54 bits per heavy atom. The highest BCUT2D eigenvalue weighted by atomic mass is 35.5. The predicted octanol–water partition coefficient (Wildman–Crippen LogP) is 3.39. The molecule has 1 aromatic heterocycles. The Morgan fingerprint density at radius 1 is 1.00 bits per heavy atom. The monoisotopic (exact) mass is 396 g/mol. The Bertz CT molecular complexity index is 936. The Kier molecular flexibility index (Phi) is 5.69. The maximum atomic E-state index is 12.6. The van der Waals surface area contributed by atoms with Gasteiger partial charge < -0.3 is 9.32 Å². The molecule has 0 unspecified atom stereocenters. The molecule has 0 N–H and O–H groups in total. The molecule has 0 atom stereocenters. The largest absolute Gasteiger partial charge is 0.421 e. The summed E-state index contributed by atoms with van der Waals surface area (Å²) >= 11 is 5.99. The molecule has 3 aromatic rings. The lowest BCUT2D eigenvalue weighted by molar-refractivity contribution is 0.0636. The minimum Gasteiger partial charge on any atom is -0.421 e. The van der Waals surface area contributed by atoms with E-state index in [1.807, 2.05) is 35.2 Å². The van der Waals surface area contributed by atoms with Gasteiger partial charge in [-0.05, 0) is 30.3 Å². The number of nitrogens with zero attached hydrogens (tertiary/aromatic N) is 4. The van der Waals surface area contributed by atoms with Gasteiger partial charge in [0.2, 0.25) is 11.8 Å². The zero-order valence-corrected chi connectivity index (χ0v) is 16.2. The van der Waals surface area contributed by atoms with Crippen molar-refractivity contribution in [3.8, 4) is 11.5 Å². The van der Waals surface area contributed by atoms with Gasteiger partial charge in [-0.3, -0.25) is 9.69 Å². The van der Waals surface area contributed by atoms with Gasteiger partial charge in [-0.2, -0.15) is 0 Å². The minimum atomic E-state index is 0.0338. The lowest BCUT2D eigenvalue weighted by atomic mass is 10.2. The lowest BCUT2D eigenvalue weighted by Gasteiger charge is -2.34. The van der Waals surface area contributed by atoms with Crippen LogP contribution in [0.4, 0.5) is 0 Å². The third-order valence-electron chi connectivity index (χ3n) is 4.86. The number of halogens is 1. The summed E-state index contributed by atoms with van der Waals surface area (Å²) in [7, 11) is 0. The molecule has 6 nitrogen and oxygen atoms in total. The molecule has 1 aliphatic heterocycles. The Labute approximate surface area is 168 Å². The average molecular weight is 397 g/mol. The molecule has 0 radical (unpaired) electrons.